The average Bonchev–Trinajstić information content (AvgIpc) is 2.19. The van der Waals surface area contributed by atoms with Crippen molar-refractivity contribution < 1.29 is 0 Å². The summed E-state index contributed by atoms with van der Waals surface area (Å²) >= 11 is 0. The van der Waals surface area contributed by atoms with E-state index in [9.17, 15) is 0 Å². The molecule has 14 heavy (non-hydrogen) atoms. The van der Waals surface area contributed by atoms with Crippen LogP contribution in [0.2, 0.25) is 0 Å². The van der Waals surface area contributed by atoms with E-state index < -0.39 is 0 Å². The van der Waals surface area contributed by atoms with Crippen molar-refractivity contribution in [1.82, 2.24) is 4.90 Å². The minimum absolute atomic E-state index is 0.833. The first-order valence-electron chi connectivity index (χ1n) is 5.72. The Morgan fingerprint density at radius 1 is 1.50 bits per heavy atom. The molecule has 0 amide bonds. The van der Waals surface area contributed by atoms with Gasteiger partial charge in [0.05, 0.1) is 0 Å². The number of unbranched alkanes of at least 4 members (excludes halogenated alkanes) is 1. The van der Waals surface area contributed by atoms with Crippen molar-refractivity contribution in [3.8, 4) is 12.3 Å². The maximum atomic E-state index is 5.58. The standard InChI is InChI=1S/C12H22N2/c1-2-3-4-9-14-10-5-6-12(11-14)7-8-13/h1,12H,3-11,13H2. The van der Waals surface area contributed by atoms with E-state index >= 15 is 0 Å². The summed E-state index contributed by atoms with van der Waals surface area (Å²) in [5.41, 5.74) is 5.58. The Bertz CT molecular complexity index is 181. The molecule has 0 radical (unpaired) electrons. The van der Waals surface area contributed by atoms with Gasteiger partial charge in [0.25, 0.3) is 0 Å². The summed E-state index contributed by atoms with van der Waals surface area (Å²) in [6.07, 6.45) is 11.2. The van der Waals surface area contributed by atoms with Crippen molar-refractivity contribution in [2.45, 2.75) is 32.1 Å². The summed E-state index contributed by atoms with van der Waals surface area (Å²) in [6, 6.07) is 0. The van der Waals surface area contributed by atoms with Gasteiger partial charge < -0.3 is 10.6 Å². The van der Waals surface area contributed by atoms with E-state index in [1.54, 1.807) is 0 Å². The first kappa shape index (κ1) is 11.6. The second-order valence-electron chi connectivity index (χ2n) is 4.19. The van der Waals surface area contributed by atoms with Crippen molar-refractivity contribution in [2.75, 3.05) is 26.2 Å². The van der Waals surface area contributed by atoms with Gasteiger partial charge in [0.2, 0.25) is 0 Å². The molecule has 2 nitrogen and oxygen atoms in total. The topological polar surface area (TPSA) is 29.3 Å². The van der Waals surface area contributed by atoms with E-state index in [-0.39, 0.29) is 0 Å². The minimum Gasteiger partial charge on any atom is -0.330 e. The third-order valence-corrected chi connectivity index (χ3v) is 2.97. The van der Waals surface area contributed by atoms with Crippen LogP contribution in [0.1, 0.15) is 32.1 Å². The molecule has 1 fully saturated rings. The van der Waals surface area contributed by atoms with Crippen LogP contribution in [0, 0.1) is 18.3 Å². The molecule has 1 atom stereocenters. The zero-order valence-electron chi connectivity index (χ0n) is 9.04. The molecule has 0 aromatic carbocycles. The zero-order valence-corrected chi connectivity index (χ0v) is 9.04. The fourth-order valence-electron chi connectivity index (χ4n) is 2.23. The third kappa shape index (κ3) is 4.13. The molecule has 1 rings (SSSR count). The molecule has 1 saturated heterocycles. The molecule has 0 aliphatic carbocycles. The predicted octanol–water partition coefficient (Wildman–Crippen LogP) is 1.46. The second-order valence-corrected chi connectivity index (χ2v) is 4.19. The molecule has 1 aliphatic heterocycles. The SMILES string of the molecule is C#CCCCN1CCCC(CCN)C1. The van der Waals surface area contributed by atoms with Gasteiger partial charge in [-0.3, -0.25) is 0 Å². The quantitative estimate of drug-likeness (QED) is 0.530. The van der Waals surface area contributed by atoms with Gasteiger partial charge in [0, 0.05) is 13.0 Å². The van der Waals surface area contributed by atoms with Gasteiger partial charge in [-0.15, -0.1) is 12.3 Å². The summed E-state index contributed by atoms with van der Waals surface area (Å²) in [6.45, 7) is 4.50. The van der Waals surface area contributed by atoms with Crippen LogP contribution in [-0.2, 0) is 0 Å². The Labute approximate surface area is 87.8 Å². The van der Waals surface area contributed by atoms with Gasteiger partial charge in [0.1, 0.15) is 0 Å². The highest BCUT2D eigenvalue weighted by atomic mass is 15.1. The number of piperidine rings is 1. The van der Waals surface area contributed by atoms with Crippen molar-refractivity contribution in [3.05, 3.63) is 0 Å². The van der Waals surface area contributed by atoms with Crippen LogP contribution in [0.4, 0.5) is 0 Å². The van der Waals surface area contributed by atoms with Crippen molar-refractivity contribution in [1.29, 1.82) is 0 Å². The number of rotatable bonds is 5. The van der Waals surface area contributed by atoms with Crippen LogP contribution in [0.25, 0.3) is 0 Å². The summed E-state index contributed by atoms with van der Waals surface area (Å²) in [5.74, 6) is 3.53. The number of nitrogens with two attached hydrogens (primary N) is 1. The molecule has 0 aromatic heterocycles. The average molecular weight is 194 g/mol. The van der Waals surface area contributed by atoms with Crippen molar-refractivity contribution in [3.63, 3.8) is 0 Å². The maximum Gasteiger partial charge on any atom is 0.00982 e. The largest absolute Gasteiger partial charge is 0.330 e. The van der Waals surface area contributed by atoms with Gasteiger partial charge in [0.15, 0.2) is 0 Å². The normalized spacial score (nSPS) is 23.3. The van der Waals surface area contributed by atoms with E-state index in [1.165, 1.54) is 38.9 Å². The van der Waals surface area contributed by atoms with Crippen molar-refractivity contribution >= 4 is 0 Å². The van der Waals surface area contributed by atoms with Gasteiger partial charge in [-0.1, -0.05) is 0 Å². The number of terminal acetylenes is 1. The summed E-state index contributed by atoms with van der Waals surface area (Å²) < 4.78 is 0. The van der Waals surface area contributed by atoms with Crippen LogP contribution >= 0.6 is 0 Å². The molecule has 2 heteroatoms. The van der Waals surface area contributed by atoms with E-state index in [1.807, 2.05) is 0 Å². The predicted molar refractivity (Wildman–Crippen MR) is 60.9 cm³/mol. The lowest BCUT2D eigenvalue weighted by atomic mass is 9.95. The van der Waals surface area contributed by atoms with E-state index in [0.717, 1.165) is 25.3 Å². The molecular weight excluding hydrogens is 172 g/mol. The lowest BCUT2D eigenvalue weighted by molar-refractivity contribution is 0.169. The Kier molecular flexibility index (Phi) is 5.66. The molecule has 0 bridgehead atoms. The molecule has 0 saturated carbocycles. The Hall–Kier alpha value is -0.520. The molecule has 80 valence electrons. The van der Waals surface area contributed by atoms with Crippen molar-refractivity contribution in [2.24, 2.45) is 11.7 Å². The van der Waals surface area contributed by atoms with Gasteiger partial charge in [-0.25, -0.2) is 0 Å². The summed E-state index contributed by atoms with van der Waals surface area (Å²) in [5, 5.41) is 0. The second kappa shape index (κ2) is 6.86. The first-order valence-corrected chi connectivity index (χ1v) is 5.72. The van der Waals surface area contributed by atoms with E-state index in [4.69, 9.17) is 12.2 Å². The molecule has 0 aromatic rings. The number of likely N-dealkylation sites (tertiary alicyclic amines) is 1. The van der Waals surface area contributed by atoms with Gasteiger partial charge >= 0.3 is 0 Å². The fourth-order valence-corrected chi connectivity index (χ4v) is 2.23. The Morgan fingerprint density at radius 2 is 2.36 bits per heavy atom. The minimum atomic E-state index is 0.833. The lowest BCUT2D eigenvalue weighted by Gasteiger charge is -2.32. The molecule has 1 heterocycles. The number of nitrogens with zero attached hydrogens (tertiary/aromatic N) is 1. The number of hydrogen-bond acceptors (Lipinski definition) is 2. The molecular formula is C12H22N2. The smallest absolute Gasteiger partial charge is 0.00982 e. The highest BCUT2D eigenvalue weighted by Crippen LogP contribution is 2.18. The maximum absolute atomic E-state index is 5.58. The van der Waals surface area contributed by atoms with Crippen LogP contribution < -0.4 is 5.73 Å². The lowest BCUT2D eigenvalue weighted by Crippen LogP contribution is -2.36. The van der Waals surface area contributed by atoms with E-state index in [2.05, 4.69) is 10.8 Å². The van der Waals surface area contributed by atoms with Crippen LogP contribution in [0.5, 0.6) is 0 Å². The highest BCUT2D eigenvalue weighted by molar-refractivity contribution is 4.84. The molecule has 0 spiro atoms. The number of hydrogen-bond donors (Lipinski definition) is 1. The summed E-state index contributed by atoms with van der Waals surface area (Å²) in [7, 11) is 0. The third-order valence-electron chi connectivity index (χ3n) is 2.97. The Balaban J connectivity index is 2.16. The van der Waals surface area contributed by atoms with Gasteiger partial charge in [-0.2, -0.15) is 0 Å². The van der Waals surface area contributed by atoms with Crippen LogP contribution in [-0.4, -0.2) is 31.1 Å². The van der Waals surface area contributed by atoms with Crippen LogP contribution in [0.15, 0.2) is 0 Å². The van der Waals surface area contributed by atoms with Crippen LogP contribution in [0.3, 0.4) is 0 Å². The van der Waals surface area contributed by atoms with E-state index in [0.29, 0.717) is 0 Å². The van der Waals surface area contributed by atoms with Gasteiger partial charge in [-0.05, 0) is 51.2 Å². The molecule has 1 aliphatic rings. The zero-order chi connectivity index (χ0) is 10.2. The Morgan fingerprint density at radius 3 is 3.07 bits per heavy atom. The monoisotopic (exact) mass is 194 g/mol. The highest BCUT2D eigenvalue weighted by Gasteiger charge is 2.18. The fraction of sp³-hybridized carbons (Fsp3) is 0.833. The molecule has 2 N–H and O–H groups in total. The summed E-state index contributed by atoms with van der Waals surface area (Å²) in [4.78, 5) is 2.54. The first-order chi connectivity index (χ1) is 6.86. The molecule has 1 unspecified atom stereocenters.